The summed E-state index contributed by atoms with van der Waals surface area (Å²) >= 11 is 0. The zero-order valence-corrected chi connectivity index (χ0v) is 15.5. The highest BCUT2D eigenvalue weighted by molar-refractivity contribution is 7.89. The van der Waals surface area contributed by atoms with Gasteiger partial charge in [-0.05, 0) is 44.4 Å². The molecule has 0 N–H and O–H groups in total. The molecule has 0 aliphatic carbocycles. The number of rotatable bonds is 5. The van der Waals surface area contributed by atoms with Crippen molar-refractivity contribution >= 4 is 15.9 Å². The number of amides is 1. The Labute approximate surface area is 147 Å². The highest BCUT2D eigenvalue weighted by atomic mass is 32.2. The predicted octanol–water partition coefficient (Wildman–Crippen LogP) is 2.62. The minimum absolute atomic E-state index is 0.00309. The summed E-state index contributed by atoms with van der Waals surface area (Å²) in [6.07, 6.45) is 1.58. The molecule has 140 valence electrons. The van der Waals surface area contributed by atoms with Crippen LogP contribution in [0.3, 0.4) is 0 Å². The van der Waals surface area contributed by atoms with Crippen molar-refractivity contribution in [1.82, 2.24) is 9.21 Å². The van der Waals surface area contributed by atoms with Crippen molar-refractivity contribution in [3.8, 4) is 0 Å². The maximum absolute atomic E-state index is 13.8. The number of nitrogens with zero attached hydrogens (tertiary/aromatic N) is 2. The minimum atomic E-state index is -4.11. The Balaban J connectivity index is 2.09. The van der Waals surface area contributed by atoms with Crippen LogP contribution in [-0.2, 0) is 14.8 Å². The van der Waals surface area contributed by atoms with E-state index in [-0.39, 0.29) is 31.0 Å². The van der Waals surface area contributed by atoms with Crippen molar-refractivity contribution in [2.45, 2.75) is 44.0 Å². The van der Waals surface area contributed by atoms with Crippen LogP contribution in [0.15, 0.2) is 23.1 Å². The average Bonchev–Trinajstić information content (AvgIpc) is 2.61. The molecule has 8 heteroatoms. The molecule has 1 aromatic rings. The van der Waals surface area contributed by atoms with E-state index in [9.17, 15) is 22.0 Å². The molecule has 0 bridgehead atoms. The van der Waals surface area contributed by atoms with Gasteiger partial charge in [0.25, 0.3) is 0 Å². The molecule has 1 fully saturated rings. The van der Waals surface area contributed by atoms with Crippen molar-refractivity contribution in [2.24, 2.45) is 5.92 Å². The number of sulfonamides is 1. The van der Waals surface area contributed by atoms with E-state index in [1.807, 2.05) is 13.8 Å². The monoisotopic (exact) mass is 374 g/mol. The molecule has 2 rings (SSSR count). The molecule has 1 saturated heterocycles. The molecule has 0 radical (unpaired) electrons. The van der Waals surface area contributed by atoms with E-state index in [4.69, 9.17) is 0 Å². The lowest BCUT2D eigenvalue weighted by Gasteiger charge is -2.34. The number of carbonyl (C=O) groups excluding carboxylic acids is 1. The molecule has 0 spiro atoms. The molecular formula is C17H24F2N2O3S. The van der Waals surface area contributed by atoms with Crippen molar-refractivity contribution < 1.29 is 22.0 Å². The van der Waals surface area contributed by atoms with Gasteiger partial charge in [-0.25, -0.2) is 17.2 Å². The van der Waals surface area contributed by atoms with Crippen LogP contribution in [0, 0.1) is 17.6 Å². The van der Waals surface area contributed by atoms with Gasteiger partial charge >= 0.3 is 0 Å². The van der Waals surface area contributed by atoms with Crippen LogP contribution in [0.5, 0.6) is 0 Å². The summed E-state index contributed by atoms with van der Waals surface area (Å²) < 4.78 is 53.4. The molecular weight excluding hydrogens is 350 g/mol. The van der Waals surface area contributed by atoms with Crippen molar-refractivity contribution in [3.05, 3.63) is 29.8 Å². The maximum Gasteiger partial charge on any atom is 0.246 e. The molecule has 1 aliphatic heterocycles. The number of benzene rings is 1. The molecule has 1 aromatic carbocycles. The molecule has 0 aromatic heterocycles. The average molecular weight is 374 g/mol. The summed E-state index contributed by atoms with van der Waals surface area (Å²) in [5, 5.41) is 0. The number of hydrogen-bond acceptors (Lipinski definition) is 3. The van der Waals surface area contributed by atoms with Crippen LogP contribution in [0.25, 0.3) is 0 Å². The van der Waals surface area contributed by atoms with Crippen LogP contribution in [0.4, 0.5) is 8.78 Å². The van der Waals surface area contributed by atoms with Crippen molar-refractivity contribution in [1.29, 1.82) is 0 Å². The quantitative estimate of drug-likeness (QED) is 0.796. The van der Waals surface area contributed by atoms with Gasteiger partial charge in [-0.1, -0.05) is 6.92 Å². The minimum Gasteiger partial charge on any atom is -0.343 e. The van der Waals surface area contributed by atoms with Gasteiger partial charge in [0, 0.05) is 32.1 Å². The molecule has 1 heterocycles. The largest absolute Gasteiger partial charge is 0.343 e. The van der Waals surface area contributed by atoms with Crippen LogP contribution in [0.2, 0.25) is 0 Å². The standard InChI is InChI=1S/C17H24F2N2O3S/c1-4-12(2)20(3)17(22)13-7-9-21(10-8-13)25(23,24)16-11-14(18)5-6-15(16)19/h5-6,11-13H,4,7-10H2,1-3H3. The van der Waals surface area contributed by atoms with Gasteiger partial charge in [-0.3, -0.25) is 4.79 Å². The predicted molar refractivity (Wildman–Crippen MR) is 90.4 cm³/mol. The summed E-state index contributed by atoms with van der Waals surface area (Å²) in [6, 6.07) is 2.50. The second-order valence-corrected chi connectivity index (χ2v) is 8.37. The number of hydrogen-bond donors (Lipinski definition) is 0. The summed E-state index contributed by atoms with van der Waals surface area (Å²) in [5.41, 5.74) is 0. The Morgan fingerprint density at radius 2 is 1.92 bits per heavy atom. The summed E-state index contributed by atoms with van der Waals surface area (Å²) in [5.74, 6) is -2.03. The Bertz CT molecular complexity index is 731. The van der Waals surface area contributed by atoms with Gasteiger partial charge in [0.05, 0.1) is 0 Å². The van der Waals surface area contributed by atoms with E-state index in [0.29, 0.717) is 18.9 Å². The van der Waals surface area contributed by atoms with E-state index >= 15 is 0 Å². The van der Waals surface area contributed by atoms with E-state index in [0.717, 1.165) is 22.9 Å². The highest BCUT2D eigenvalue weighted by Gasteiger charge is 2.35. The molecule has 1 aliphatic rings. The van der Waals surface area contributed by atoms with Crippen LogP contribution < -0.4 is 0 Å². The van der Waals surface area contributed by atoms with Gasteiger partial charge in [-0.2, -0.15) is 4.31 Å². The first-order chi connectivity index (χ1) is 11.7. The molecule has 1 atom stereocenters. The van der Waals surface area contributed by atoms with E-state index < -0.39 is 26.6 Å². The third-order valence-electron chi connectivity index (χ3n) is 4.91. The maximum atomic E-state index is 13.8. The Kier molecular flexibility index (Phi) is 6.16. The fourth-order valence-electron chi connectivity index (χ4n) is 2.94. The summed E-state index contributed by atoms with van der Waals surface area (Å²) in [7, 11) is -2.36. The molecule has 0 saturated carbocycles. The SMILES string of the molecule is CCC(C)N(C)C(=O)C1CCN(S(=O)(=O)c2cc(F)ccc2F)CC1. The Morgan fingerprint density at radius 1 is 1.32 bits per heavy atom. The van der Waals surface area contributed by atoms with Crippen LogP contribution >= 0.6 is 0 Å². The van der Waals surface area contributed by atoms with Crippen LogP contribution in [0.1, 0.15) is 33.1 Å². The number of halogens is 2. The van der Waals surface area contributed by atoms with Crippen LogP contribution in [-0.4, -0.2) is 49.7 Å². The first-order valence-corrected chi connectivity index (χ1v) is 9.84. The Hall–Kier alpha value is -1.54. The fraction of sp³-hybridized carbons (Fsp3) is 0.588. The van der Waals surface area contributed by atoms with Crippen molar-refractivity contribution in [3.63, 3.8) is 0 Å². The van der Waals surface area contributed by atoms with Gasteiger partial charge < -0.3 is 4.90 Å². The second kappa shape index (κ2) is 7.78. The number of carbonyl (C=O) groups is 1. The fourth-order valence-corrected chi connectivity index (χ4v) is 4.48. The first-order valence-electron chi connectivity index (χ1n) is 8.40. The summed E-state index contributed by atoms with van der Waals surface area (Å²) in [6.45, 7) is 4.19. The molecule has 1 unspecified atom stereocenters. The lowest BCUT2D eigenvalue weighted by molar-refractivity contribution is -0.137. The van der Waals surface area contributed by atoms with E-state index in [2.05, 4.69) is 0 Å². The smallest absolute Gasteiger partial charge is 0.246 e. The van der Waals surface area contributed by atoms with E-state index in [1.165, 1.54) is 0 Å². The second-order valence-electron chi connectivity index (χ2n) is 6.46. The van der Waals surface area contributed by atoms with E-state index in [1.54, 1.807) is 11.9 Å². The molecule has 25 heavy (non-hydrogen) atoms. The zero-order chi connectivity index (χ0) is 18.8. The summed E-state index contributed by atoms with van der Waals surface area (Å²) in [4.78, 5) is 13.5. The zero-order valence-electron chi connectivity index (χ0n) is 14.7. The molecule has 1 amide bonds. The lowest BCUT2D eigenvalue weighted by Crippen LogP contribution is -2.45. The van der Waals surface area contributed by atoms with Crippen molar-refractivity contribution in [2.75, 3.05) is 20.1 Å². The lowest BCUT2D eigenvalue weighted by atomic mass is 9.96. The molecule has 5 nitrogen and oxygen atoms in total. The first kappa shape index (κ1) is 19.8. The normalized spacial score (nSPS) is 18.1. The topological polar surface area (TPSA) is 57.7 Å². The van der Waals surface area contributed by atoms with Gasteiger partial charge in [0.2, 0.25) is 15.9 Å². The van der Waals surface area contributed by atoms with Gasteiger partial charge in [0.15, 0.2) is 0 Å². The Morgan fingerprint density at radius 3 is 2.48 bits per heavy atom. The number of piperidine rings is 1. The highest BCUT2D eigenvalue weighted by Crippen LogP contribution is 2.27. The third-order valence-corrected chi connectivity index (χ3v) is 6.83. The van der Waals surface area contributed by atoms with Gasteiger partial charge in [0.1, 0.15) is 16.5 Å². The van der Waals surface area contributed by atoms with Gasteiger partial charge in [-0.15, -0.1) is 0 Å². The third kappa shape index (κ3) is 4.17.